The zero-order valence-corrected chi connectivity index (χ0v) is 6.38. The van der Waals surface area contributed by atoms with E-state index in [4.69, 9.17) is 16.9 Å². The van der Waals surface area contributed by atoms with E-state index in [0.29, 0.717) is 10.6 Å². The van der Waals surface area contributed by atoms with Crippen LogP contribution < -0.4 is 0 Å². The largest absolute Gasteiger partial charge is 0.192 e. The van der Waals surface area contributed by atoms with E-state index in [1.807, 2.05) is 13.0 Å². The highest BCUT2D eigenvalue weighted by atomic mass is 35.5. The Morgan fingerprint density at radius 1 is 1.78 bits per heavy atom. The summed E-state index contributed by atoms with van der Waals surface area (Å²) in [5, 5.41) is 10.8. The highest BCUT2D eigenvalue weighted by molar-refractivity contribution is 7.10. The van der Waals surface area contributed by atoms with Crippen molar-refractivity contribution in [1.82, 2.24) is 0 Å². The van der Waals surface area contributed by atoms with Crippen molar-refractivity contribution in [3.63, 3.8) is 0 Å². The number of nitrogens with zero attached hydrogens (tertiary/aromatic N) is 1. The molecule has 1 rings (SSSR count). The number of nitriles is 1. The van der Waals surface area contributed by atoms with Gasteiger partial charge in [-0.3, -0.25) is 0 Å². The van der Waals surface area contributed by atoms with E-state index in [-0.39, 0.29) is 0 Å². The van der Waals surface area contributed by atoms with Gasteiger partial charge < -0.3 is 0 Å². The van der Waals surface area contributed by atoms with Gasteiger partial charge in [0.1, 0.15) is 6.07 Å². The first-order valence-corrected chi connectivity index (χ1v) is 3.65. The average Bonchev–Trinajstić information content (AvgIpc) is 2.12. The molecule has 9 heavy (non-hydrogen) atoms. The van der Waals surface area contributed by atoms with Gasteiger partial charge in [0.25, 0.3) is 0 Å². The van der Waals surface area contributed by atoms with Crippen LogP contribution in [0.5, 0.6) is 0 Å². The molecule has 0 saturated heterocycles. The number of thiophene rings is 1. The number of hydrogen-bond donors (Lipinski definition) is 0. The molecule has 0 unspecified atom stereocenters. The molecule has 0 amide bonds. The molecule has 0 saturated carbocycles. The van der Waals surface area contributed by atoms with Crippen molar-refractivity contribution >= 4 is 22.9 Å². The fraction of sp³-hybridized carbons (Fsp3) is 0.167. The number of rotatable bonds is 0. The van der Waals surface area contributed by atoms with Gasteiger partial charge in [0.2, 0.25) is 0 Å². The zero-order valence-electron chi connectivity index (χ0n) is 4.81. The third-order valence-electron chi connectivity index (χ3n) is 1.04. The predicted octanol–water partition coefficient (Wildman–Crippen LogP) is 2.58. The van der Waals surface area contributed by atoms with Gasteiger partial charge in [0, 0.05) is 10.3 Å². The van der Waals surface area contributed by atoms with Gasteiger partial charge in [-0.05, 0) is 6.92 Å². The Kier molecular flexibility index (Phi) is 1.75. The third-order valence-corrected chi connectivity index (χ3v) is 2.38. The second-order valence-electron chi connectivity index (χ2n) is 1.63. The quantitative estimate of drug-likeness (QED) is 0.568. The van der Waals surface area contributed by atoms with E-state index in [1.165, 1.54) is 11.3 Å². The fourth-order valence-electron chi connectivity index (χ4n) is 0.558. The van der Waals surface area contributed by atoms with Crippen molar-refractivity contribution in [2.75, 3.05) is 0 Å². The smallest absolute Gasteiger partial charge is 0.102 e. The summed E-state index contributed by atoms with van der Waals surface area (Å²) in [7, 11) is 0. The summed E-state index contributed by atoms with van der Waals surface area (Å²) in [6.45, 7) is 1.88. The molecule has 0 aromatic carbocycles. The topological polar surface area (TPSA) is 23.8 Å². The van der Waals surface area contributed by atoms with Crippen LogP contribution in [0.2, 0.25) is 5.02 Å². The van der Waals surface area contributed by atoms with Crippen LogP contribution in [0.15, 0.2) is 5.38 Å². The average molecular weight is 158 g/mol. The lowest BCUT2D eigenvalue weighted by Crippen LogP contribution is -1.69. The van der Waals surface area contributed by atoms with Gasteiger partial charge in [-0.25, -0.2) is 0 Å². The Morgan fingerprint density at radius 3 is 2.67 bits per heavy atom. The van der Waals surface area contributed by atoms with Crippen LogP contribution in [0, 0.1) is 18.3 Å². The molecule has 0 aliphatic rings. The van der Waals surface area contributed by atoms with Gasteiger partial charge in [0.05, 0.1) is 10.6 Å². The van der Waals surface area contributed by atoms with Crippen LogP contribution in [0.1, 0.15) is 10.4 Å². The maximum absolute atomic E-state index is 8.46. The van der Waals surface area contributed by atoms with Crippen molar-refractivity contribution in [1.29, 1.82) is 5.26 Å². The molecule has 0 aliphatic heterocycles. The van der Waals surface area contributed by atoms with Crippen LogP contribution in [0.25, 0.3) is 0 Å². The summed E-state index contributed by atoms with van der Waals surface area (Å²) in [5.41, 5.74) is 0.613. The predicted molar refractivity (Wildman–Crippen MR) is 38.8 cm³/mol. The first kappa shape index (κ1) is 6.60. The highest BCUT2D eigenvalue weighted by Crippen LogP contribution is 2.24. The Morgan fingerprint density at radius 2 is 2.44 bits per heavy atom. The van der Waals surface area contributed by atoms with Crippen LogP contribution in [-0.2, 0) is 0 Å². The first-order chi connectivity index (χ1) is 4.25. The van der Waals surface area contributed by atoms with E-state index >= 15 is 0 Å². The minimum atomic E-state index is 0.569. The van der Waals surface area contributed by atoms with E-state index < -0.39 is 0 Å². The molecule has 1 heterocycles. The molecule has 0 radical (unpaired) electrons. The Labute approximate surface area is 62.5 Å². The molecule has 0 spiro atoms. The number of hydrogen-bond acceptors (Lipinski definition) is 2. The second kappa shape index (κ2) is 2.38. The molecule has 3 heteroatoms. The fourth-order valence-corrected chi connectivity index (χ4v) is 1.60. The Balaban J connectivity index is 3.27. The summed E-state index contributed by atoms with van der Waals surface area (Å²) in [5.74, 6) is 0. The minimum Gasteiger partial charge on any atom is -0.192 e. The molecule has 0 bridgehead atoms. The summed E-state index contributed by atoms with van der Waals surface area (Å²) in [6, 6.07) is 2.02. The molecule has 1 aromatic rings. The lowest BCUT2D eigenvalue weighted by Gasteiger charge is -1.81. The molecule has 1 aromatic heterocycles. The van der Waals surface area contributed by atoms with Crippen molar-refractivity contribution in [3.8, 4) is 6.07 Å². The lowest BCUT2D eigenvalue weighted by atomic mass is 10.3. The standard InChI is InChI=1S/C6H4ClNS/c1-4-5(2-8)6(7)3-9-4/h3H,1H3. The van der Waals surface area contributed by atoms with E-state index in [1.54, 1.807) is 5.38 Å². The Hall–Kier alpha value is -0.520. The van der Waals surface area contributed by atoms with Gasteiger partial charge >= 0.3 is 0 Å². The summed E-state index contributed by atoms with van der Waals surface area (Å²) in [4.78, 5) is 0.988. The third kappa shape index (κ3) is 1.07. The number of halogens is 1. The van der Waals surface area contributed by atoms with Gasteiger partial charge in [0.15, 0.2) is 0 Å². The molecular formula is C6H4ClNS. The minimum absolute atomic E-state index is 0.569. The second-order valence-corrected chi connectivity index (χ2v) is 3.12. The van der Waals surface area contributed by atoms with E-state index in [2.05, 4.69) is 0 Å². The molecule has 0 N–H and O–H groups in total. The first-order valence-electron chi connectivity index (χ1n) is 2.39. The van der Waals surface area contributed by atoms with E-state index in [9.17, 15) is 0 Å². The van der Waals surface area contributed by atoms with E-state index in [0.717, 1.165) is 4.88 Å². The summed E-state index contributed by atoms with van der Waals surface area (Å²) >= 11 is 7.13. The SMILES string of the molecule is Cc1scc(Cl)c1C#N. The van der Waals surface area contributed by atoms with Crippen molar-refractivity contribution < 1.29 is 0 Å². The monoisotopic (exact) mass is 157 g/mol. The molecular weight excluding hydrogens is 154 g/mol. The lowest BCUT2D eigenvalue weighted by molar-refractivity contribution is 1.47. The van der Waals surface area contributed by atoms with Gasteiger partial charge in [-0.2, -0.15) is 5.26 Å². The van der Waals surface area contributed by atoms with Crippen LogP contribution in [-0.4, -0.2) is 0 Å². The number of aryl methyl sites for hydroxylation is 1. The van der Waals surface area contributed by atoms with Crippen molar-refractivity contribution in [3.05, 3.63) is 20.8 Å². The van der Waals surface area contributed by atoms with Crippen LogP contribution in [0.3, 0.4) is 0 Å². The molecule has 46 valence electrons. The maximum atomic E-state index is 8.46. The summed E-state index contributed by atoms with van der Waals surface area (Å²) in [6.07, 6.45) is 0. The molecule has 0 fully saturated rings. The van der Waals surface area contributed by atoms with Crippen molar-refractivity contribution in [2.45, 2.75) is 6.92 Å². The van der Waals surface area contributed by atoms with Crippen LogP contribution in [0.4, 0.5) is 0 Å². The maximum Gasteiger partial charge on any atom is 0.102 e. The molecule has 1 nitrogen and oxygen atoms in total. The van der Waals surface area contributed by atoms with Crippen LogP contribution >= 0.6 is 22.9 Å². The van der Waals surface area contributed by atoms with Gasteiger partial charge in [-0.1, -0.05) is 11.6 Å². The summed E-state index contributed by atoms with van der Waals surface area (Å²) < 4.78 is 0. The molecule has 0 atom stereocenters. The zero-order chi connectivity index (χ0) is 6.85. The normalized spacial score (nSPS) is 9.00. The van der Waals surface area contributed by atoms with Gasteiger partial charge in [-0.15, -0.1) is 11.3 Å². The molecule has 0 aliphatic carbocycles. The van der Waals surface area contributed by atoms with Crippen molar-refractivity contribution in [2.24, 2.45) is 0 Å². The highest BCUT2D eigenvalue weighted by Gasteiger charge is 2.03. The Bertz CT molecular complexity index is 239.